The van der Waals surface area contributed by atoms with Crippen LogP contribution in [0.2, 0.25) is 0 Å². The molecule has 0 aliphatic carbocycles. The molecule has 2 rings (SSSR count). The number of aliphatic hydroxyl groups excluding tert-OH is 1. The minimum absolute atomic E-state index is 0.123. The normalized spacial score (nSPS) is 14.1. The summed E-state index contributed by atoms with van der Waals surface area (Å²) < 4.78 is 5.24. The van der Waals surface area contributed by atoms with Gasteiger partial charge in [0.05, 0.1) is 13.2 Å². The van der Waals surface area contributed by atoms with E-state index in [1.807, 2.05) is 30.3 Å². The molecule has 1 aromatic heterocycles. The highest BCUT2D eigenvalue weighted by Crippen LogP contribution is 2.36. The summed E-state index contributed by atoms with van der Waals surface area (Å²) in [6.45, 7) is 4.52. The number of hydrogen-bond acceptors (Lipinski definition) is 4. The topological polar surface area (TPSA) is 55.5 Å². The Bertz CT molecular complexity index is 560. The second kappa shape index (κ2) is 6.39. The van der Waals surface area contributed by atoms with Crippen LogP contribution < -0.4 is 10.5 Å². The molecule has 2 unspecified atom stereocenters. The van der Waals surface area contributed by atoms with E-state index in [1.54, 1.807) is 18.4 Å². The highest BCUT2D eigenvalue weighted by Gasteiger charge is 2.23. The molecule has 4 heteroatoms. The van der Waals surface area contributed by atoms with Gasteiger partial charge < -0.3 is 15.6 Å². The molecule has 1 heterocycles. The maximum absolute atomic E-state index is 10.6. The SMILES string of the molecule is COc1cccc(C(CN)C(O)c2cc(C)c(C)s2)c1. The first-order valence-electron chi connectivity index (χ1n) is 6.65. The highest BCUT2D eigenvalue weighted by molar-refractivity contribution is 7.12. The molecule has 0 aliphatic heterocycles. The number of thiophene rings is 1. The van der Waals surface area contributed by atoms with Gasteiger partial charge in [0.1, 0.15) is 5.75 Å². The Kier molecular flexibility index (Phi) is 4.81. The van der Waals surface area contributed by atoms with Crippen molar-refractivity contribution in [3.8, 4) is 5.75 Å². The molecule has 0 bridgehead atoms. The predicted molar refractivity (Wildman–Crippen MR) is 83.5 cm³/mol. The van der Waals surface area contributed by atoms with Gasteiger partial charge in [0.25, 0.3) is 0 Å². The van der Waals surface area contributed by atoms with Gasteiger partial charge in [-0.3, -0.25) is 0 Å². The van der Waals surface area contributed by atoms with E-state index >= 15 is 0 Å². The number of aryl methyl sites for hydroxylation is 2. The van der Waals surface area contributed by atoms with Gasteiger partial charge in [-0.25, -0.2) is 0 Å². The van der Waals surface area contributed by atoms with Crippen LogP contribution in [0.4, 0.5) is 0 Å². The zero-order valence-electron chi connectivity index (χ0n) is 12.1. The van der Waals surface area contributed by atoms with E-state index in [0.29, 0.717) is 6.54 Å². The summed E-state index contributed by atoms with van der Waals surface area (Å²) in [4.78, 5) is 2.21. The maximum atomic E-state index is 10.6. The zero-order valence-corrected chi connectivity index (χ0v) is 12.9. The van der Waals surface area contributed by atoms with Crippen molar-refractivity contribution in [2.45, 2.75) is 25.9 Å². The summed E-state index contributed by atoms with van der Waals surface area (Å²) >= 11 is 1.63. The lowest BCUT2D eigenvalue weighted by molar-refractivity contribution is 0.151. The van der Waals surface area contributed by atoms with Crippen molar-refractivity contribution >= 4 is 11.3 Å². The minimum atomic E-state index is -0.579. The average molecular weight is 291 g/mol. The quantitative estimate of drug-likeness (QED) is 0.889. The van der Waals surface area contributed by atoms with Crippen molar-refractivity contribution < 1.29 is 9.84 Å². The first-order chi connectivity index (χ1) is 9.56. The number of benzene rings is 1. The van der Waals surface area contributed by atoms with E-state index in [2.05, 4.69) is 13.8 Å². The summed E-state index contributed by atoms with van der Waals surface area (Å²) in [6, 6.07) is 9.79. The van der Waals surface area contributed by atoms with Crippen LogP contribution in [0, 0.1) is 13.8 Å². The van der Waals surface area contributed by atoms with Crippen LogP contribution in [0.3, 0.4) is 0 Å². The van der Waals surface area contributed by atoms with E-state index in [4.69, 9.17) is 10.5 Å². The average Bonchev–Trinajstić information content (AvgIpc) is 2.79. The van der Waals surface area contributed by atoms with Gasteiger partial charge >= 0.3 is 0 Å². The van der Waals surface area contributed by atoms with Gasteiger partial charge in [-0.2, -0.15) is 0 Å². The standard InChI is InChI=1S/C16H21NO2S/c1-10-7-15(20-11(10)2)16(18)14(9-17)12-5-4-6-13(8-12)19-3/h4-8,14,16,18H,9,17H2,1-3H3. The lowest BCUT2D eigenvalue weighted by atomic mass is 9.92. The third-order valence-electron chi connectivity index (χ3n) is 3.63. The molecular weight excluding hydrogens is 270 g/mol. The van der Waals surface area contributed by atoms with Crippen molar-refractivity contribution in [2.75, 3.05) is 13.7 Å². The van der Waals surface area contributed by atoms with Crippen LogP contribution in [0.15, 0.2) is 30.3 Å². The summed E-state index contributed by atoms with van der Waals surface area (Å²) in [5.74, 6) is 0.661. The molecule has 3 N–H and O–H groups in total. The molecular formula is C16H21NO2S. The number of ether oxygens (including phenoxy) is 1. The number of hydrogen-bond donors (Lipinski definition) is 2. The molecule has 3 nitrogen and oxygen atoms in total. The Hall–Kier alpha value is -1.36. The van der Waals surface area contributed by atoms with Crippen molar-refractivity contribution in [2.24, 2.45) is 5.73 Å². The molecule has 1 aromatic carbocycles. The summed E-state index contributed by atoms with van der Waals surface area (Å²) in [5, 5.41) is 10.6. The molecule has 108 valence electrons. The molecule has 2 atom stereocenters. The maximum Gasteiger partial charge on any atom is 0.119 e. The van der Waals surface area contributed by atoms with Crippen LogP contribution in [0.5, 0.6) is 5.75 Å². The minimum Gasteiger partial charge on any atom is -0.497 e. The van der Waals surface area contributed by atoms with Gasteiger partial charge in [-0.15, -0.1) is 11.3 Å². The lowest BCUT2D eigenvalue weighted by Gasteiger charge is -2.21. The van der Waals surface area contributed by atoms with E-state index in [9.17, 15) is 5.11 Å². The van der Waals surface area contributed by atoms with E-state index < -0.39 is 6.10 Å². The Balaban J connectivity index is 2.30. The molecule has 0 fully saturated rings. The third-order valence-corrected chi connectivity index (χ3v) is 4.86. The number of methoxy groups -OCH3 is 1. The Morgan fingerprint density at radius 3 is 2.60 bits per heavy atom. The Labute approximate surface area is 124 Å². The molecule has 2 aromatic rings. The van der Waals surface area contributed by atoms with E-state index in [0.717, 1.165) is 16.2 Å². The Morgan fingerprint density at radius 1 is 1.30 bits per heavy atom. The first kappa shape index (κ1) is 15.0. The molecule has 0 aliphatic rings. The number of nitrogens with two attached hydrogens (primary N) is 1. The van der Waals surface area contributed by atoms with Crippen molar-refractivity contribution in [1.82, 2.24) is 0 Å². The molecule has 0 saturated carbocycles. The van der Waals surface area contributed by atoms with Crippen LogP contribution in [0.25, 0.3) is 0 Å². The largest absolute Gasteiger partial charge is 0.497 e. The zero-order chi connectivity index (χ0) is 14.7. The van der Waals surface area contributed by atoms with Crippen molar-refractivity contribution in [3.05, 3.63) is 51.2 Å². The smallest absolute Gasteiger partial charge is 0.119 e. The second-order valence-electron chi connectivity index (χ2n) is 4.95. The fourth-order valence-corrected chi connectivity index (χ4v) is 3.36. The molecule has 0 radical (unpaired) electrons. The van der Waals surface area contributed by atoms with Crippen molar-refractivity contribution in [1.29, 1.82) is 0 Å². The van der Waals surface area contributed by atoms with E-state index in [1.165, 1.54) is 10.4 Å². The number of aliphatic hydroxyl groups is 1. The lowest BCUT2D eigenvalue weighted by Crippen LogP contribution is -2.19. The molecule has 0 spiro atoms. The highest BCUT2D eigenvalue weighted by atomic mass is 32.1. The summed E-state index contributed by atoms with van der Waals surface area (Å²) in [6.07, 6.45) is -0.579. The van der Waals surface area contributed by atoms with Crippen LogP contribution in [0.1, 0.15) is 32.9 Å². The predicted octanol–water partition coefficient (Wildman–Crippen LogP) is 3.15. The molecule has 20 heavy (non-hydrogen) atoms. The van der Waals surface area contributed by atoms with Gasteiger partial charge in [0.15, 0.2) is 0 Å². The molecule has 0 amide bonds. The van der Waals surface area contributed by atoms with Gasteiger partial charge in [-0.1, -0.05) is 12.1 Å². The fourth-order valence-electron chi connectivity index (χ4n) is 2.27. The van der Waals surface area contributed by atoms with Gasteiger partial charge in [0.2, 0.25) is 0 Å². The number of rotatable bonds is 5. The summed E-state index contributed by atoms with van der Waals surface area (Å²) in [5.41, 5.74) is 8.10. The van der Waals surface area contributed by atoms with Gasteiger partial charge in [-0.05, 0) is 43.2 Å². The van der Waals surface area contributed by atoms with Crippen molar-refractivity contribution in [3.63, 3.8) is 0 Å². The first-order valence-corrected chi connectivity index (χ1v) is 7.47. The Morgan fingerprint density at radius 2 is 2.05 bits per heavy atom. The van der Waals surface area contributed by atoms with Crippen LogP contribution in [-0.4, -0.2) is 18.8 Å². The van der Waals surface area contributed by atoms with Gasteiger partial charge in [0, 0.05) is 22.2 Å². The third kappa shape index (κ3) is 3.03. The van der Waals surface area contributed by atoms with Crippen LogP contribution in [-0.2, 0) is 0 Å². The van der Waals surface area contributed by atoms with E-state index in [-0.39, 0.29) is 5.92 Å². The molecule has 0 saturated heterocycles. The summed E-state index contributed by atoms with van der Waals surface area (Å²) in [7, 11) is 1.64. The van der Waals surface area contributed by atoms with Crippen LogP contribution >= 0.6 is 11.3 Å². The monoisotopic (exact) mass is 291 g/mol. The fraction of sp³-hybridized carbons (Fsp3) is 0.375. The second-order valence-corrected chi connectivity index (χ2v) is 6.24.